The number of carbonyl (C=O) groups excluding carboxylic acids is 3. The Morgan fingerprint density at radius 1 is 0.941 bits per heavy atom. The van der Waals surface area contributed by atoms with Crippen molar-refractivity contribution < 1.29 is 22.8 Å². The van der Waals surface area contributed by atoms with Gasteiger partial charge in [-0.25, -0.2) is 23.0 Å². The summed E-state index contributed by atoms with van der Waals surface area (Å²) in [5.74, 6) is -1.56. The molecule has 0 saturated carbocycles. The molecule has 1 aromatic heterocycles. The molecule has 2 N–H and O–H groups in total. The van der Waals surface area contributed by atoms with Crippen LogP contribution in [0.3, 0.4) is 0 Å². The maximum absolute atomic E-state index is 13.1. The fraction of sp³-hybridized carbons (Fsp3) is 0.0435. The van der Waals surface area contributed by atoms with Gasteiger partial charge in [-0.05, 0) is 49.5 Å². The lowest BCUT2D eigenvalue weighted by Crippen LogP contribution is -2.31. The lowest BCUT2D eigenvalue weighted by atomic mass is 10.1. The van der Waals surface area contributed by atoms with Crippen molar-refractivity contribution in [3.05, 3.63) is 83.4 Å². The summed E-state index contributed by atoms with van der Waals surface area (Å²) in [7, 11) is -2.30. The van der Waals surface area contributed by atoms with E-state index in [4.69, 9.17) is 0 Å². The number of imide groups is 1. The molecule has 5 rings (SSSR count). The summed E-state index contributed by atoms with van der Waals surface area (Å²) in [6.45, 7) is 0. The van der Waals surface area contributed by atoms with Gasteiger partial charge in [0.05, 0.1) is 37.5 Å². The van der Waals surface area contributed by atoms with Gasteiger partial charge in [0, 0.05) is 0 Å². The molecule has 0 radical (unpaired) electrons. The second-order valence-electron chi connectivity index (χ2n) is 7.32. The van der Waals surface area contributed by atoms with E-state index in [0.717, 1.165) is 16.2 Å². The van der Waals surface area contributed by atoms with Crippen molar-refractivity contribution >= 4 is 60.1 Å². The molecule has 0 fully saturated rings. The normalized spacial score (nSPS) is 13.4. The number of hydrogen-bond acceptors (Lipinski definition) is 7. The van der Waals surface area contributed by atoms with E-state index in [0.29, 0.717) is 10.2 Å². The zero-order valence-electron chi connectivity index (χ0n) is 17.6. The third-order valence-corrected chi connectivity index (χ3v) is 7.69. The molecular formula is C23H16N4O5S2. The standard InChI is InChI=1S/C23H16N4O5S2/c1-24-34(31,32)13-10-11-17-19(12-13)33-23(25-17)26-20(28)16-8-4-5-9-18(16)27-21(29)14-6-2-3-7-15(14)22(27)30/h2-12,24H,1H3,(H,25,26,28). The number of nitrogens with zero attached hydrogens (tertiary/aromatic N) is 2. The first-order valence-electron chi connectivity index (χ1n) is 10.0. The van der Waals surface area contributed by atoms with Crippen molar-refractivity contribution in [2.75, 3.05) is 17.3 Å². The largest absolute Gasteiger partial charge is 0.298 e. The van der Waals surface area contributed by atoms with Crippen LogP contribution in [0, 0.1) is 0 Å². The fourth-order valence-electron chi connectivity index (χ4n) is 3.68. The minimum atomic E-state index is -3.62. The van der Waals surface area contributed by atoms with Gasteiger partial charge in [0.1, 0.15) is 0 Å². The monoisotopic (exact) mass is 492 g/mol. The molecule has 0 saturated heterocycles. The van der Waals surface area contributed by atoms with E-state index < -0.39 is 27.7 Å². The molecule has 9 nitrogen and oxygen atoms in total. The molecule has 4 aromatic rings. The summed E-state index contributed by atoms with van der Waals surface area (Å²) in [5, 5.41) is 2.94. The number of aromatic nitrogens is 1. The van der Waals surface area contributed by atoms with Crippen LogP contribution in [0.15, 0.2) is 71.6 Å². The summed E-state index contributed by atoms with van der Waals surface area (Å²) < 4.78 is 26.9. The Balaban J connectivity index is 1.47. The van der Waals surface area contributed by atoms with E-state index in [2.05, 4.69) is 15.0 Å². The van der Waals surface area contributed by atoms with Crippen molar-refractivity contribution in [1.29, 1.82) is 0 Å². The first kappa shape index (κ1) is 21.9. The third kappa shape index (κ3) is 3.55. The number of nitrogens with one attached hydrogen (secondary N) is 2. The van der Waals surface area contributed by atoms with Crippen LogP contribution in [-0.2, 0) is 10.0 Å². The number of fused-ring (bicyclic) bond motifs is 2. The molecular weight excluding hydrogens is 476 g/mol. The van der Waals surface area contributed by atoms with Gasteiger partial charge in [0.2, 0.25) is 10.0 Å². The number of anilines is 2. The second-order valence-corrected chi connectivity index (χ2v) is 10.2. The molecule has 3 amide bonds. The molecule has 0 unspecified atom stereocenters. The SMILES string of the molecule is CNS(=O)(=O)c1ccc2nc(NC(=O)c3ccccc3N3C(=O)c4ccccc4C3=O)sc2c1. The Labute approximate surface area is 198 Å². The van der Waals surface area contributed by atoms with Crippen molar-refractivity contribution in [2.45, 2.75) is 4.90 Å². The molecule has 34 heavy (non-hydrogen) atoms. The summed E-state index contributed by atoms with van der Waals surface area (Å²) in [5.41, 5.74) is 1.36. The predicted octanol–water partition coefficient (Wildman–Crippen LogP) is 3.26. The highest BCUT2D eigenvalue weighted by Gasteiger charge is 2.38. The summed E-state index contributed by atoms with van der Waals surface area (Å²) in [6, 6.07) is 17.3. The van der Waals surface area contributed by atoms with Gasteiger partial charge >= 0.3 is 0 Å². The second kappa shape index (κ2) is 8.13. The van der Waals surface area contributed by atoms with Gasteiger partial charge in [-0.2, -0.15) is 0 Å². The van der Waals surface area contributed by atoms with Crippen LogP contribution in [0.25, 0.3) is 10.2 Å². The van der Waals surface area contributed by atoms with Crippen molar-refractivity contribution in [3.63, 3.8) is 0 Å². The van der Waals surface area contributed by atoms with Gasteiger partial charge in [0.15, 0.2) is 5.13 Å². The molecule has 11 heteroatoms. The van der Waals surface area contributed by atoms with Gasteiger partial charge in [-0.3, -0.25) is 19.7 Å². The van der Waals surface area contributed by atoms with Gasteiger partial charge in [-0.1, -0.05) is 35.6 Å². The van der Waals surface area contributed by atoms with Gasteiger partial charge < -0.3 is 0 Å². The summed E-state index contributed by atoms with van der Waals surface area (Å²) in [4.78, 5) is 44.4. The molecule has 3 aromatic carbocycles. The first-order valence-corrected chi connectivity index (χ1v) is 12.3. The minimum absolute atomic E-state index is 0.0833. The molecule has 2 heterocycles. The molecule has 170 valence electrons. The average Bonchev–Trinajstić information content (AvgIpc) is 3.36. The Hall–Kier alpha value is -3.93. The number of sulfonamides is 1. The van der Waals surface area contributed by atoms with E-state index in [-0.39, 0.29) is 32.4 Å². The predicted molar refractivity (Wildman–Crippen MR) is 128 cm³/mol. The summed E-state index contributed by atoms with van der Waals surface area (Å²) in [6.07, 6.45) is 0. The van der Waals surface area contributed by atoms with Crippen LogP contribution in [0.5, 0.6) is 0 Å². The number of benzene rings is 3. The van der Waals surface area contributed by atoms with Gasteiger partial charge in [-0.15, -0.1) is 0 Å². The van der Waals surface area contributed by atoms with E-state index >= 15 is 0 Å². The topological polar surface area (TPSA) is 126 Å². The minimum Gasteiger partial charge on any atom is -0.298 e. The number of rotatable bonds is 5. The highest BCUT2D eigenvalue weighted by atomic mass is 32.2. The molecule has 0 bridgehead atoms. The first-order chi connectivity index (χ1) is 16.3. The van der Waals surface area contributed by atoms with Crippen LogP contribution in [0.2, 0.25) is 0 Å². The fourth-order valence-corrected chi connectivity index (χ4v) is 5.41. The van der Waals surface area contributed by atoms with Crippen molar-refractivity contribution in [3.8, 4) is 0 Å². The quantitative estimate of drug-likeness (QED) is 0.412. The van der Waals surface area contributed by atoms with Crippen LogP contribution in [-0.4, -0.2) is 38.2 Å². The average molecular weight is 493 g/mol. The maximum atomic E-state index is 13.1. The van der Waals surface area contributed by atoms with Crippen molar-refractivity contribution in [1.82, 2.24) is 9.71 Å². The van der Waals surface area contributed by atoms with Crippen LogP contribution < -0.4 is 14.9 Å². The Morgan fingerprint density at radius 3 is 2.26 bits per heavy atom. The number of para-hydroxylation sites is 1. The highest BCUT2D eigenvalue weighted by Crippen LogP contribution is 2.32. The number of amides is 3. The number of hydrogen-bond donors (Lipinski definition) is 2. The van der Waals surface area contributed by atoms with E-state index in [1.165, 1.54) is 31.3 Å². The lowest BCUT2D eigenvalue weighted by molar-refractivity contribution is 0.0926. The molecule has 0 spiro atoms. The van der Waals surface area contributed by atoms with Gasteiger partial charge in [0.25, 0.3) is 17.7 Å². The van der Waals surface area contributed by atoms with Crippen LogP contribution >= 0.6 is 11.3 Å². The lowest BCUT2D eigenvalue weighted by Gasteiger charge is -2.17. The Kier molecular flexibility index (Phi) is 5.24. The maximum Gasteiger partial charge on any atom is 0.266 e. The zero-order chi connectivity index (χ0) is 24.0. The van der Waals surface area contributed by atoms with E-state index in [1.807, 2.05) is 0 Å². The molecule has 0 aliphatic carbocycles. The van der Waals surface area contributed by atoms with E-state index in [1.54, 1.807) is 42.5 Å². The Bertz CT molecular complexity index is 1580. The Morgan fingerprint density at radius 2 is 1.59 bits per heavy atom. The number of thiazole rings is 1. The molecule has 0 atom stereocenters. The summed E-state index contributed by atoms with van der Waals surface area (Å²) >= 11 is 1.11. The molecule has 1 aliphatic heterocycles. The van der Waals surface area contributed by atoms with Crippen LogP contribution in [0.4, 0.5) is 10.8 Å². The smallest absolute Gasteiger partial charge is 0.266 e. The highest BCUT2D eigenvalue weighted by molar-refractivity contribution is 7.89. The number of carbonyl (C=O) groups is 3. The van der Waals surface area contributed by atoms with Crippen molar-refractivity contribution in [2.24, 2.45) is 0 Å². The van der Waals surface area contributed by atoms with Crippen LogP contribution in [0.1, 0.15) is 31.1 Å². The van der Waals surface area contributed by atoms with E-state index in [9.17, 15) is 22.8 Å². The zero-order valence-corrected chi connectivity index (χ0v) is 19.2. The third-order valence-electron chi connectivity index (χ3n) is 5.34. The molecule has 1 aliphatic rings.